The fourth-order valence-corrected chi connectivity index (χ4v) is 3.20. The fraction of sp³-hybridized carbons (Fsp3) is 0.474. The highest BCUT2D eigenvalue weighted by Gasteiger charge is 2.30. The number of nitrogens with zero attached hydrogens (tertiary/aromatic N) is 4. The number of amides is 2. The Morgan fingerprint density at radius 1 is 1.35 bits per heavy atom. The number of fused-ring (bicyclic) bond motifs is 1. The van der Waals surface area contributed by atoms with Gasteiger partial charge in [-0.15, -0.1) is 0 Å². The van der Waals surface area contributed by atoms with Crippen LogP contribution >= 0.6 is 0 Å². The molecule has 0 radical (unpaired) electrons. The van der Waals surface area contributed by atoms with E-state index < -0.39 is 0 Å². The van der Waals surface area contributed by atoms with Gasteiger partial charge in [0, 0.05) is 44.1 Å². The number of rotatable bonds is 5. The first-order chi connectivity index (χ1) is 12.5. The Bertz CT molecular complexity index is 784. The zero-order valence-corrected chi connectivity index (χ0v) is 15.5. The number of aromatic nitrogens is 3. The molecule has 3 rings (SSSR count). The van der Waals surface area contributed by atoms with Crippen LogP contribution in [-0.4, -0.2) is 37.8 Å². The average molecular weight is 355 g/mol. The molecule has 2 aromatic rings. The van der Waals surface area contributed by atoms with Crippen LogP contribution < -0.4 is 5.32 Å². The topological polar surface area (TPSA) is 80.1 Å². The Morgan fingerprint density at radius 3 is 2.85 bits per heavy atom. The molecular formula is C19H25N5O2. The van der Waals surface area contributed by atoms with Crippen molar-refractivity contribution in [1.29, 1.82) is 0 Å². The molecule has 0 spiro atoms. The van der Waals surface area contributed by atoms with E-state index in [1.165, 1.54) is 0 Å². The molecule has 0 unspecified atom stereocenters. The third-order valence-corrected chi connectivity index (χ3v) is 4.61. The summed E-state index contributed by atoms with van der Waals surface area (Å²) in [6, 6.07) is 3.69. The van der Waals surface area contributed by atoms with Crippen LogP contribution in [0.4, 0.5) is 0 Å². The molecule has 138 valence electrons. The van der Waals surface area contributed by atoms with Gasteiger partial charge in [0.15, 0.2) is 0 Å². The lowest BCUT2D eigenvalue weighted by Crippen LogP contribution is -2.42. The highest BCUT2D eigenvalue weighted by atomic mass is 16.2. The van der Waals surface area contributed by atoms with Crippen molar-refractivity contribution < 1.29 is 9.59 Å². The summed E-state index contributed by atoms with van der Waals surface area (Å²) in [6.07, 6.45) is 5.59. The van der Waals surface area contributed by atoms with Crippen molar-refractivity contribution in [3.8, 4) is 0 Å². The summed E-state index contributed by atoms with van der Waals surface area (Å²) in [5.41, 5.74) is 1.69. The maximum atomic E-state index is 12.3. The van der Waals surface area contributed by atoms with Crippen molar-refractivity contribution in [2.24, 2.45) is 5.92 Å². The van der Waals surface area contributed by atoms with Crippen LogP contribution in [0.2, 0.25) is 0 Å². The van der Waals surface area contributed by atoms with Crippen LogP contribution in [0.1, 0.15) is 43.9 Å². The summed E-state index contributed by atoms with van der Waals surface area (Å²) in [7, 11) is 0. The summed E-state index contributed by atoms with van der Waals surface area (Å²) in [6.45, 7) is 7.65. The second kappa shape index (κ2) is 7.68. The number of hydrogen-bond acceptors (Lipinski definition) is 4. The Labute approximate surface area is 153 Å². The monoisotopic (exact) mass is 355 g/mol. The van der Waals surface area contributed by atoms with Gasteiger partial charge in [-0.3, -0.25) is 14.6 Å². The zero-order chi connectivity index (χ0) is 18.7. The quantitative estimate of drug-likeness (QED) is 0.885. The van der Waals surface area contributed by atoms with E-state index in [1.807, 2.05) is 44.0 Å². The third-order valence-electron chi connectivity index (χ3n) is 4.61. The molecule has 0 aromatic carbocycles. The first-order valence-corrected chi connectivity index (χ1v) is 8.97. The second-order valence-corrected chi connectivity index (χ2v) is 6.96. The second-order valence-electron chi connectivity index (χ2n) is 6.96. The standard InChI is InChI=1S/C19H25N5O2/c1-13(2)19(26)24-8-7-23-12-16(22-18(23)14(24)3)9-17(25)21-11-15-5-4-6-20-10-15/h4-6,10,12-14H,7-9,11H2,1-3H3,(H,21,25)/t14-/m1/s1. The van der Waals surface area contributed by atoms with E-state index in [9.17, 15) is 9.59 Å². The Kier molecular flexibility index (Phi) is 5.35. The molecule has 1 atom stereocenters. The first kappa shape index (κ1) is 18.1. The third kappa shape index (κ3) is 3.92. The number of carbonyl (C=O) groups is 2. The summed E-state index contributed by atoms with van der Waals surface area (Å²) in [5, 5.41) is 2.89. The molecule has 1 N–H and O–H groups in total. The summed E-state index contributed by atoms with van der Waals surface area (Å²) < 4.78 is 2.05. The van der Waals surface area contributed by atoms with Crippen LogP contribution in [0.25, 0.3) is 0 Å². The van der Waals surface area contributed by atoms with E-state index in [0.717, 1.165) is 17.1 Å². The molecule has 3 heterocycles. The smallest absolute Gasteiger partial charge is 0.226 e. The van der Waals surface area contributed by atoms with E-state index >= 15 is 0 Å². The van der Waals surface area contributed by atoms with Crippen molar-refractivity contribution in [3.05, 3.63) is 47.8 Å². The lowest BCUT2D eigenvalue weighted by Gasteiger charge is -2.34. The number of nitrogens with one attached hydrogen (secondary N) is 1. The largest absolute Gasteiger partial charge is 0.352 e. The van der Waals surface area contributed by atoms with Gasteiger partial charge < -0.3 is 14.8 Å². The Hall–Kier alpha value is -2.70. The molecule has 1 aliphatic heterocycles. The van der Waals surface area contributed by atoms with Crippen LogP contribution in [0.5, 0.6) is 0 Å². The molecular weight excluding hydrogens is 330 g/mol. The van der Waals surface area contributed by atoms with E-state index in [2.05, 4.69) is 19.9 Å². The van der Waals surface area contributed by atoms with Crippen molar-refractivity contribution in [2.75, 3.05) is 6.54 Å². The summed E-state index contributed by atoms with van der Waals surface area (Å²) >= 11 is 0. The highest BCUT2D eigenvalue weighted by Crippen LogP contribution is 2.26. The maximum absolute atomic E-state index is 12.3. The first-order valence-electron chi connectivity index (χ1n) is 8.97. The Balaban J connectivity index is 1.62. The SMILES string of the molecule is CC(C)C(=O)N1CCn2cc(CC(=O)NCc3cccnc3)nc2[C@H]1C. The van der Waals surface area contributed by atoms with Gasteiger partial charge in [0.1, 0.15) is 5.82 Å². The summed E-state index contributed by atoms with van der Waals surface area (Å²) in [4.78, 5) is 35.1. The Morgan fingerprint density at radius 2 is 2.15 bits per heavy atom. The van der Waals surface area contributed by atoms with Crippen LogP contribution in [0.3, 0.4) is 0 Å². The van der Waals surface area contributed by atoms with Gasteiger partial charge in [-0.2, -0.15) is 0 Å². The van der Waals surface area contributed by atoms with E-state index in [0.29, 0.717) is 19.6 Å². The van der Waals surface area contributed by atoms with Crippen molar-refractivity contribution in [2.45, 2.75) is 46.3 Å². The van der Waals surface area contributed by atoms with E-state index in [-0.39, 0.29) is 30.2 Å². The molecule has 7 nitrogen and oxygen atoms in total. The molecule has 2 amide bonds. The van der Waals surface area contributed by atoms with Gasteiger partial charge in [-0.25, -0.2) is 4.98 Å². The molecule has 7 heteroatoms. The molecule has 1 aliphatic rings. The molecule has 0 aliphatic carbocycles. The molecule has 0 saturated heterocycles. The van der Waals surface area contributed by atoms with Crippen LogP contribution in [0.15, 0.2) is 30.7 Å². The van der Waals surface area contributed by atoms with Gasteiger partial charge in [0.2, 0.25) is 11.8 Å². The number of carbonyl (C=O) groups excluding carboxylic acids is 2. The van der Waals surface area contributed by atoms with Crippen molar-refractivity contribution in [1.82, 2.24) is 24.8 Å². The normalized spacial score (nSPS) is 16.5. The van der Waals surface area contributed by atoms with Gasteiger partial charge >= 0.3 is 0 Å². The number of pyridine rings is 1. The van der Waals surface area contributed by atoms with Gasteiger partial charge in [0.25, 0.3) is 0 Å². The number of hydrogen-bond donors (Lipinski definition) is 1. The van der Waals surface area contributed by atoms with Gasteiger partial charge in [-0.05, 0) is 18.6 Å². The van der Waals surface area contributed by atoms with Crippen LogP contribution in [-0.2, 0) is 29.1 Å². The zero-order valence-electron chi connectivity index (χ0n) is 15.5. The summed E-state index contributed by atoms with van der Waals surface area (Å²) in [5.74, 6) is 0.881. The van der Waals surface area contributed by atoms with Crippen LogP contribution in [0, 0.1) is 5.92 Å². The van der Waals surface area contributed by atoms with Crippen molar-refractivity contribution >= 4 is 11.8 Å². The predicted molar refractivity (Wildman–Crippen MR) is 97.0 cm³/mol. The highest BCUT2D eigenvalue weighted by molar-refractivity contribution is 5.79. The average Bonchev–Trinajstić information content (AvgIpc) is 3.04. The lowest BCUT2D eigenvalue weighted by molar-refractivity contribution is -0.137. The predicted octanol–water partition coefficient (Wildman–Crippen LogP) is 1.70. The lowest BCUT2D eigenvalue weighted by atomic mass is 10.1. The minimum atomic E-state index is -0.0779. The maximum Gasteiger partial charge on any atom is 0.226 e. The molecule has 0 saturated carbocycles. The van der Waals surface area contributed by atoms with Gasteiger partial charge in [-0.1, -0.05) is 19.9 Å². The molecule has 0 fully saturated rings. The molecule has 2 aromatic heterocycles. The van der Waals surface area contributed by atoms with E-state index in [4.69, 9.17) is 0 Å². The van der Waals surface area contributed by atoms with Crippen molar-refractivity contribution in [3.63, 3.8) is 0 Å². The minimum absolute atomic E-state index is 0.0308. The number of imidazole rings is 1. The molecule has 0 bridgehead atoms. The van der Waals surface area contributed by atoms with E-state index in [1.54, 1.807) is 12.4 Å². The fourth-order valence-electron chi connectivity index (χ4n) is 3.20. The molecule has 26 heavy (non-hydrogen) atoms. The van der Waals surface area contributed by atoms with Gasteiger partial charge in [0.05, 0.1) is 18.2 Å². The minimum Gasteiger partial charge on any atom is -0.352 e.